The Morgan fingerprint density at radius 2 is 1.47 bits per heavy atom. The Kier molecular flexibility index (Phi) is 2.29. The third kappa shape index (κ3) is 1.66. The third-order valence-electron chi connectivity index (χ3n) is 3.66. The van der Waals surface area contributed by atoms with Crippen LogP contribution in [0, 0.1) is 0 Å². The number of benzene rings is 2. The van der Waals surface area contributed by atoms with Crippen molar-refractivity contribution in [3.05, 3.63) is 59.2 Å². The Balaban J connectivity index is 1.97. The van der Waals surface area contributed by atoms with Gasteiger partial charge in [-0.15, -0.1) is 0 Å². The Morgan fingerprint density at radius 1 is 0.824 bits per heavy atom. The van der Waals surface area contributed by atoms with E-state index in [4.69, 9.17) is 11.5 Å². The Morgan fingerprint density at radius 3 is 2.12 bits per heavy atom. The summed E-state index contributed by atoms with van der Waals surface area (Å²) in [6, 6.07) is 14.6. The van der Waals surface area contributed by atoms with Crippen LogP contribution in [0.25, 0.3) is 0 Å². The van der Waals surface area contributed by atoms with E-state index in [1.54, 1.807) is 0 Å². The SMILES string of the molecule is Nc1cccc(C2Cc3ccccc3C2)c1N. The highest BCUT2D eigenvalue weighted by Gasteiger charge is 2.24. The van der Waals surface area contributed by atoms with Crippen LogP contribution in [0.5, 0.6) is 0 Å². The molecular formula is C15H16N2. The van der Waals surface area contributed by atoms with Crippen molar-refractivity contribution in [3.8, 4) is 0 Å². The molecule has 0 spiro atoms. The molecule has 3 rings (SSSR count). The van der Waals surface area contributed by atoms with Gasteiger partial charge in [-0.05, 0) is 41.5 Å². The van der Waals surface area contributed by atoms with Crippen molar-refractivity contribution in [2.45, 2.75) is 18.8 Å². The zero-order valence-corrected chi connectivity index (χ0v) is 9.69. The van der Waals surface area contributed by atoms with Crippen molar-refractivity contribution >= 4 is 11.4 Å². The smallest absolute Gasteiger partial charge is 0.0583 e. The number of anilines is 2. The fraction of sp³-hybridized carbons (Fsp3) is 0.200. The number of hydrogen-bond acceptors (Lipinski definition) is 2. The quantitative estimate of drug-likeness (QED) is 0.732. The molecule has 0 fully saturated rings. The fourth-order valence-electron chi connectivity index (χ4n) is 2.74. The summed E-state index contributed by atoms with van der Waals surface area (Å²) in [5, 5.41) is 0. The monoisotopic (exact) mass is 224 g/mol. The predicted molar refractivity (Wildman–Crippen MR) is 71.9 cm³/mol. The van der Waals surface area contributed by atoms with Gasteiger partial charge in [-0.2, -0.15) is 0 Å². The molecule has 2 heteroatoms. The molecule has 0 radical (unpaired) electrons. The minimum Gasteiger partial charge on any atom is -0.397 e. The van der Waals surface area contributed by atoms with Gasteiger partial charge in [-0.1, -0.05) is 36.4 Å². The second kappa shape index (κ2) is 3.81. The van der Waals surface area contributed by atoms with Crippen molar-refractivity contribution in [2.24, 2.45) is 0 Å². The van der Waals surface area contributed by atoms with E-state index in [1.165, 1.54) is 16.7 Å². The largest absolute Gasteiger partial charge is 0.397 e. The number of hydrogen-bond donors (Lipinski definition) is 2. The second-order valence-electron chi connectivity index (χ2n) is 4.72. The number of para-hydroxylation sites is 1. The van der Waals surface area contributed by atoms with Gasteiger partial charge in [0.15, 0.2) is 0 Å². The first-order chi connectivity index (χ1) is 8.25. The molecule has 0 aromatic heterocycles. The average molecular weight is 224 g/mol. The maximum absolute atomic E-state index is 6.07. The second-order valence-corrected chi connectivity index (χ2v) is 4.72. The Bertz CT molecular complexity index is 536. The van der Waals surface area contributed by atoms with Crippen LogP contribution in [0.15, 0.2) is 42.5 Å². The summed E-state index contributed by atoms with van der Waals surface area (Å²) >= 11 is 0. The van der Waals surface area contributed by atoms with E-state index in [-0.39, 0.29) is 0 Å². The number of fused-ring (bicyclic) bond motifs is 1. The molecule has 86 valence electrons. The minimum absolute atomic E-state index is 0.482. The molecular weight excluding hydrogens is 208 g/mol. The maximum Gasteiger partial charge on any atom is 0.0583 e. The van der Waals surface area contributed by atoms with Crippen LogP contribution >= 0.6 is 0 Å². The molecule has 0 bridgehead atoms. The van der Waals surface area contributed by atoms with E-state index < -0.39 is 0 Å². The van der Waals surface area contributed by atoms with E-state index in [0.717, 1.165) is 18.5 Å². The summed E-state index contributed by atoms with van der Waals surface area (Å²) in [6.45, 7) is 0. The van der Waals surface area contributed by atoms with Gasteiger partial charge < -0.3 is 11.5 Å². The Hall–Kier alpha value is -1.96. The van der Waals surface area contributed by atoms with Gasteiger partial charge in [-0.25, -0.2) is 0 Å². The molecule has 0 amide bonds. The highest BCUT2D eigenvalue weighted by Crippen LogP contribution is 2.37. The lowest BCUT2D eigenvalue weighted by Gasteiger charge is -2.14. The summed E-state index contributed by atoms with van der Waals surface area (Å²) in [5.74, 6) is 0.482. The first-order valence-corrected chi connectivity index (χ1v) is 5.96. The van der Waals surface area contributed by atoms with Crippen LogP contribution in [0.2, 0.25) is 0 Å². The van der Waals surface area contributed by atoms with Gasteiger partial charge in [0.2, 0.25) is 0 Å². The molecule has 2 nitrogen and oxygen atoms in total. The molecule has 1 aliphatic rings. The molecule has 2 aromatic rings. The topological polar surface area (TPSA) is 52.0 Å². The van der Waals surface area contributed by atoms with E-state index >= 15 is 0 Å². The number of nitrogen functional groups attached to an aromatic ring is 2. The van der Waals surface area contributed by atoms with Gasteiger partial charge >= 0.3 is 0 Å². The summed E-state index contributed by atoms with van der Waals surface area (Å²) in [5.41, 5.74) is 17.5. The van der Waals surface area contributed by atoms with Gasteiger partial charge in [0, 0.05) is 0 Å². The van der Waals surface area contributed by atoms with Crippen LogP contribution < -0.4 is 11.5 Å². The van der Waals surface area contributed by atoms with Crippen molar-refractivity contribution in [1.29, 1.82) is 0 Å². The molecule has 0 saturated carbocycles. The Labute approximate surface area is 101 Å². The molecule has 0 aliphatic heterocycles. The number of nitrogens with two attached hydrogens (primary N) is 2. The zero-order valence-electron chi connectivity index (χ0n) is 9.69. The molecule has 4 N–H and O–H groups in total. The van der Waals surface area contributed by atoms with Crippen LogP contribution in [-0.4, -0.2) is 0 Å². The summed E-state index contributed by atoms with van der Waals surface area (Å²) in [6.07, 6.45) is 2.15. The lowest BCUT2D eigenvalue weighted by Crippen LogP contribution is -2.05. The number of rotatable bonds is 1. The fourth-order valence-corrected chi connectivity index (χ4v) is 2.74. The van der Waals surface area contributed by atoms with E-state index in [2.05, 4.69) is 30.3 Å². The molecule has 1 aliphatic carbocycles. The van der Waals surface area contributed by atoms with Crippen molar-refractivity contribution in [2.75, 3.05) is 11.5 Å². The third-order valence-corrected chi connectivity index (χ3v) is 3.66. The van der Waals surface area contributed by atoms with Crippen molar-refractivity contribution in [3.63, 3.8) is 0 Å². The lowest BCUT2D eigenvalue weighted by atomic mass is 9.94. The summed E-state index contributed by atoms with van der Waals surface area (Å²) < 4.78 is 0. The summed E-state index contributed by atoms with van der Waals surface area (Å²) in [7, 11) is 0. The molecule has 0 saturated heterocycles. The van der Waals surface area contributed by atoms with Crippen LogP contribution in [0.3, 0.4) is 0 Å². The van der Waals surface area contributed by atoms with Gasteiger partial charge in [0.25, 0.3) is 0 Å². The van der Waals surface area contributed by atoms with E-state index in [0.29, 0.717) is 11.6 Å². The van der Waals surface area contributed by atoms with Gasteiger partial charge in [0.05, 0.1) is 11.4 Å². The van der Waals surface area contributed by atoms with Crippen molar-refractivity contribution in [1.82, 2.24) is 0 Å². The zero-order chi connectivity index (χ0) is 11.8. The molecule has 2 aromatic carbocycles. The minimum atomic E-state index is 0.482. The molecule has 0 atom stereocenters. The first kappa shape index (κ1) is 10.2. The van der Waals surface area contributed by atoms with E-state index in [9.17, 15) is 0 Å². The average Bonchev–Trinajstić information content (AvgIpc) is 2.76. The predicted octanol–water partition coefficient (Wildman–Crippen LogP) is 2.73. The van der Waals surface area contributed by atoms with Crippen molar-refractivity contribution < 1.29 is 0 Å². The lowest BCUT2D eigenvalue weighted by molar-refractivity contribution is 0.744. The first-order valence-electron chi connectivity index (χ1n) is 5.96. The molecule has 17 heavy (non-hydrogen) atoms. The van der Waals surface area contributed by atoms with Crippen LogP contribution in [0.1, 0.15) is 22.6 Å². The molecule has 0 heterocycles. The van der Waals surface area contributed by atoms with Gasteiger partial charge in [0.1, 0.15) is 0 Å². The van der Waals surface area contributed by atoms with Crippen LogP contribution in [-0.2, 0) is 12.8 Å². The van der Waals surface area contributed by atoms with Crippen LogP contribution in [0.4, 0.5) is 11.4 Å². The highest BCUT2D eigenvalue weighted by atomic mass is 14.7. The van der Waals surface area contributed by atoms with Gasteiger partial charge in [-0.3, -0.25) is 0 Å². The van der Waals surface area contributed by atoms with E-state index in [1.807, 2.05) is 12.1 Å². The normalized spacial score (nSPS) is 14.8. The summed E-state index contributed by atoms with van der Waals surface area (Å²) in [4.78, 5) is 0. The highest BCUT2D eigenvalue weighted by molar-refractivity contribution is 5.68. The molecule has 0 unspecified atom stereocenters. The maximum atomic E-state index is 6.07. The standard InChI is InChI=1S/C15H16N2/c16-14-7-3-6-13(15(14)17)12-8-10-4-1-2-5-11(10)9-12/h1-7,12H,8-9,16-17H2.